The molecule has 1 aromatic rings. The van der Waals surface area contributed by atoms with Crippen LogP contribution in [-0.2, 0) is 0 Å². The third kappa shape index (κ3) is 5.00. The van der Waals surface area contributed by atoms with Crippen LogP contribution in [0, 0.1) is 11.8 Å². The summed E-state index contributed by atoms with van der Waals surface area (Å²) in [5, 5.41) is 3.29. The zero-order chi connectivity index (χ0) is 15.2. The lowest BCUT2D eigenvalue weighted by atomic mass is 9.82. The average Bonchev–Trinajstić information content (AvgIpc) is 2.44. The van der Waals surface area contributed by atoms with Gasteiger partial charge in [-0.25, -0.2) is 5.84 Å². The number of nitrogen functional groups attached to an aromatic ring is 1. The van der Waals surface area contributed by atoms with Gasteiger partial charge in [-0.1, -0.05) is 19.8 Å². The fraction of sp³-hybridized carbons (Fsp3) is 0.786. The largest absolute Gasteiger partial charge is 0.461 e. The van der Waals surface area contributed by atoms with Crippen molar-refractivity contribution in [3.63, 3.8) is 0 Å². The number of aromatic nitrogens is 3. The number of nitrogens with two attached hydrogens (primary N) is 1. The second-order valence-electron chi connectivity index (χ2n) is 6.09. The predicted octanol–water partition coefficient (Wildman–Crippen LogP) is 2.18. The van der Waals surface area contributed by atoms with Crippen LogP contribution < -0.4 is 21.3 Å². The van der Waals surface area contributed by atoms with E-state index in [1.807, 2.05) is 13.8 Å². The van der Waals surface area contributed by atoms with E-state index in [4.69, 9.17) is 10.6 Å². The molecule has 0 aliphatic heterocycles. The number of hydrazine groups is 1. The van der Waals surface area contributed by atoms with Gasteiger partial charge >= 0.3 is 6.01 Å². The zero-order valence-electron chi connectivity index (χ0n) is 13.1. The highest BCUT2D eigenvalue weighted by molar-refractivity contribution is 5.34. The molecular weight excluding hydrogens is 268 g/mol. The minimum atomic E-state index is 0.00469. The van der Waals surface area contributed by atoms with Crippen molar-refractivity contribution >= 4 is 11.9 Å². The minimum absolute atomic E-state index is 0.00469. The van der Waals surface area contributed by atoms with E-state index < -0.39 is 0 Å². The van der Waals surface area contributed by atoms with Gasteiger partial charge in [0.15, 0.2) is 0 Å². The van der Waals surface area contributed by atoms with Crippen molar-refractivity contribution in [1.29, 1.82) is 0 Å². The molecule has 1 aliphatic carbocycles. The first-order valence-corrected chi connectivity index (χ1v) is 7.70. The Morgan fingerprint density at radius 2 is 2.00 bits per heavy atom. The molecule has 2 atom stereocenters. The van der Waals surface area contributed by atoms with E-state index in [0.29, 0.717) is 17.8 Å². The lowest BCUT2D eigenvalue weighted by molar-refractivity contribution is 0.222. The molecule has 2 rings (SSSR count). The van der Waals surface area contributed by atoms with Gasteiger partial charge in [0.05, 0.1) is 6.10 Å². The Hall–Kier alpha value is -1.63. The van der Waals surface area contributed by atoms with E-state index in [9.17, 15) is 0 Å². The van der Waals surface area contributed by atoms with Gasteiger partial charge in [0.2, 0.25) is 11.9 Å². The maximum Gasteiger partial charge on any atom is 0.323 e. The van der Waals surface area contributed by atoms with Gasteiger partial charge in [0, 0.05) is 6.54 Å². The fourth-order valence-corrected chi connectivity index (χ4v) is 2.74. The maximum absolute atomic E-state index is 5.51. The third-order valence-electron chi connectivity index (χ3n) is 3.68. The summed E-state index contributed by atoms with van der Waals surface area (Å²) < 4.78 is 5.51. The SMILES string of the molecule is CC1CCCC(CNc2nc(NN)nc(OC(C)C)n2)C1. The third-order valence-corrected chi connectivity index (χ3v) is 3.68. The number of hydrogen-bond donors (Lipinski definition) is 3. The number of ether oxygens (including phenoxy) is 1. The topological polar surface area (TPSA) is 98.0 Å². The smallest absolute Gasteiger partial charge is 0.323 e. The Balaban J connectivity index is 1.97. The number of rotatable bonds is 6. The molecular formula is C14H26N6O. The van der Waals surface area contributed by atoms with Crippen molar-refractivity contribution in [3.8, 4) is 6.01 Å². The summed E-state index contributed by atoms with van der Waals surface area (Å²) in [6.07, 6.45) is 5.18. The first kappa shape index (κ1) is 15.8. The van der Waals surface area contributed by atoms with Crippen molar-refractivity contribution in [1.82, 2.24) is 15.0 Å². The van der Waals surface area contributed by atoms with Crippen LogP contribution in [0.2, 0.25) is 0 Å². The van der Waals surface area contributed by atoms with E-state index in [0.717, 1.165) is 12.5 Å². The monoisotopic (exact) mass is 294 g/mol. The Morgan fingerprint density at radius 1 is 1.24 bits per heavy atom. The van der Waals surface area contributed by atoms with Crippen LogP contribution in [0.4, 0.5) is 11.9 Å². The highest BCUT2D eigenvalue weighted by Gasteiger charge is 2.19. The van der Waals surface area contributed by atoms with Crippen molar-refractivity contribution < 1.29 is 4.74 Å². The van der Waals surface area contributed by atoms with Gasteiger partial charge in [-0.05, 0) is 38.5 Å². The van der Waals surface area contributed by atoms with Crippen LogP contribution in [-0.4, -0.2) is 27.6 Å². The maximum atomic E-state index is 5.51. The van der Waals surface area contributed by atoms with Crippen LogP contribution in [0.25, 0.3) is 0 Å². The van der Waals surface area contributed by atoms with E-state index in [-0.39, 0.29) is 12.1 Å². The predicted molar refractivity (Wildman–Crippen MR) is 83.0 cm³/mol. The molecule has 0 bridgehead atoms. The fourth-order valence-electron chi connectivity index (χ4n) is 2.74. The highest BCUT2D eigenvalue weighted by Crippen LogP contribution is 2.28. The average molecular weight is 294 g/mol. The molecule has 4 N–H and O–H groups in total. The number of nitrogens with one attached hydrogen (secondary N) is 2. The standard InChI is InChI=1S/C14H26N6O/c1-9(2)21-14-18-12(17-13(19-14)20-15)16-8-11-6-4-5-10(3)7-11/h9-11H,4-8,15H2,1-3H3,(H2,16,17,18,19,20). The van der Waals surface area contributed by atoms with E-state index >= 15 is 0 Å². The highest BCUT2D eigenvalue weighted by atomic mass is 16.5. The van der Waals surface area contributed by atoms with Crippen molar-refractivity contribution in [2.24, 2.45) is 17.7 Å². The summed E-state index contributed by atoms with van der Waals surface area (Å²) >= 11 is 0. The molecule has 0 aromatic carbocycles. The van der Waals surface area contributed by atoms with Crippen LogP contribution >= 0.6 is 0 Å². The second-order valence-corrected chi connectivity index (χ2v) is 6.09. The molecule has 7 nitrogen and oxygen atoms in total. The second kappa shape index (κ2) is 7.40. The summed E-state index contributed by atoms with van der Waals surface area (Å²) in [6, 6.07) is 0.285. The Labute approximate surface area is 126 Å². The summed E-state index contributed by atoms with van der Waals surface area (Å²) in [6.45, 7) is 7.05. The molecule has 0 saturated heterocycles. The molecule has 7 heteroatoms. The molecule has 21 heavy (non-hydrogen) atoms. The Kier molecular flexibility index (Phi) is 5.55. The summed E-state index contributed by atoms with van der Waals surface area (Å²) in [7, 11) is 0. The van der Waals surface area contributed by atoms with Crippen molar-refractivity contribution in [2.75, 3.05) is 17.3 Å². The molecule has 118 valence electrons. The molecule has 1 fully saturated rings. The van der Waals surface area contributed by atoms with E-state index in [2.05, 4.69) is 32.6 Å². The molecule has 1 aromatic heterocycles. The normalized spacial score (nSPS) is 22.1. The molecule has 1 aliphatic rings. The summed E-state index contributed by atoms with van der Waals surface area (Å²) in [4.78, 5) is 12.6. The summed E-state index contributed by atoms with van der Waals surface area (Å²) in [5.74, 6) is 7.69. The Morgan fingerprint density at radius 3 is 2.67 bits per heavy atom. The molecule has 2 unspecified atom stereocenters. The Bertz CT molecular complexity index is 453. The van der Waals surface area contributed by atoms with Crippen LogP contribution in [0.3, 0.4) is 0 Å². The quantitative estimate of drug-likeness (QED) is 0.546. The molecule has 1 saturated carbocycles. The van der Waals surface area contributed by atoms with Gasteiger partial charge in [-0.15, -0.1) is 0 Å². The molecule has 1 heterocycles. The number of nitrogens with zero attached hydrogens (tertiary/aromatic N) is 3. The van der Waals surface area contributed by atoms with Gasteiger partial charge in [-0.3, -0.25) is 5.43 Å². The van der Waals surface area contributed by atoms with Crippen LogP contribution in [0.5, 0.6) is 6.01 Å². The van der Waals surface area contributed by atoms with E-state index in [1.54, 1.807) is 0 Å². The lowest BCUT2D eigenvalue weighted by Crippen LogP contribution is -2.22. The van der Waals surface area contributed by atoms with Crippen molar-refractivity contribution in [2.45, 2.75) is 52.6 Å². The molecule has 0 radical (unpaired) electrons. The van der Waals surface area contributed by atoms with Gasteiger partial charge < -0.3 is 10.1 Å². The van der Waals surface area contributed by atoms with Gasteiger partial charge in [0.1, 0.15) is 0 Å². The molecule has 0 spiro atoms. The van der Waals surface area contributed by atoms with Crippen LogP contribution in [0.1, 0.15) is 46.5 Å². The number of hydrogen-bond acceptors (Lipinski definition) is 7. The van der Waals surface area contributed by atoms with Crippen LogP contribution in [0.15, 0.2) is 0 Å². The first-order valence-electron chi connectivity index (χ1n) is 7.70. The van der Waals surface area contributed by atoms with Gasteiger partial charge in [-0.2, -0.15) is 15.0 Å². The summed E-state index contributed by atoms with van der Waals surface area (Å²) in [5.41, 5.74) is 2.44. The lowest BCUT2D eigenvalue weighted by Gasteiger charge is -2.26. The molecule has 0 amide bonds. The van der Waals surface area contributed by atoms with Gasteiger partial charge in [0.25, 0.3) is 0 Å². The minimum Gasteiger partial charge on any atom is -0.461 e. The zero-order valence-corrected chi connectivity index (χ0v) is 13.1. The van der Waals surface area contributed by atoms with Crippen molar-refractivity contribution in [3.05, 3.63) is 0 Å². The first-order chi connectivity index (χ1) is 10.1. The van der Waals surface area contributed by atoms with E-state index in [1.165, 1.54) is 25.7 Å². The number of anilines is 2.